The van der Waals surface area contributed by atoms with Crippen molar-refractivity contribution in [2.45, 2.75) is 36.9 Å². The largest absolute Gasteiger partial charge is 0.466 e. The number of benzene rings is 1. The molecule has 6 rings (SSSR count). The lowest BCUT2D eigenvalue weighted by molar-refractivity contribution is -0.228. The Labute approximate surface area is 175 Å². The van der Waals surface area contributed by atoms with Crippen LogP contribution in [0.3, 0.4) is 0 Å². The molecule has 2 bridgehead atoms. The molecule has 3 saturated heterocycles. The van der Waals surface area contributed by atoms with Crippen molar-refractivity contribution in [1.82, 2.24) is 4.90 Å². The van der Waals surface area contributed by atoms with E-state index in [0.29, 0.717) is 18.4 Å². The second-order valence-electron chi connectivity index (χ2n) is 8.78. The number of likely N-dealkylation sites (tertiary alicyclic amines) is 1. The van der Waals surface area contributed by atoms with Crippen molar-refractivity contribution >= 4 is 23.9 Å². The first kappa shape index (κ1) is 19.3. The van der Waals surface area contributed by atoms with Gasteiger partial charge in [-0.2, -0.15) is 0 Å². The molecule has 5 atom stereocenters. The van der Waals surface area contributed by atoms with Crippen LogP contribution >= 0.6 is 0 Å². The molecule has 0 radical (unpaired) electrons. The summed E-state index contributed by atoms with van der Waals surface area (Å²) in [7, 11) is 5.37. The van der Waals surface area contributed by atoms with Crippen LogP contribution in [0.5, 0.6) is 0 Å². The van der Waals surface area contributed by atoms with Crippen LogP contribution in [0.25, 0.3) is 0 Å². The number of carbonyl (C=O) groups is 3. The smallest absolute Gasteiger partial charge is 0.333 e. The number of anilines is 1. The molecular formula is C23H26N2O5. The highest BCUT2D eigenvalue weighted by Crippen LogP contribution is 2.74. The standard InChI is InChI=1S/C23H26N2O5/c1-5-14(19(27)29-4)16-12-18-23-22(10-11-24(23)2,21(16,13-26)20(28)30-18)15-8-6-7-9-17(15)25(23)3/h5-9,13,16,18H,10-12H2,1-4H3/t16-,18+,21+,22-,23+/m0/s1. The van der Waals surface area contributed by atoms with Gasteiger partial charge in [-0.05, 0) is 38.4 Å². The third-order valence-corrected chi connectivity index (χ3v) is 8.30. The molecule has 0 aromatic heterocycles. The van der Waals surface area contributed by atoms with Gasteiger partial charge in [0.15, 0.2) is 0 Å². The predicted octanol–water partition coefficient (Wildman–Crippen LogP) is 1.66. The Balaban J connectivity index is 1.88. The normalized spacial score (nSPS) is 39.3. The van der Waals surface area contributed by atoms with Crippen LogP contribution < -0.4 is 4.90 Å². The topological polar surface area (TPSA) is 76.1 Å². The lowest BCUT2D eigenvalue weighted by Crippen LogP contribution is -2.82. The Bertz CT molecular complexity index is 1010. The lowest BCUT2D eigenvalue weighted by Gasteiger charge is -2.66. The molecule has 0 spiro atoms. The molecule has 7 heteroatoms. The Hall–Kier alpha value is -2.67. The van der Waals surface area contributed by atoms with Gasteiger partial charge >= 0.3 is 11.9 Å². The van der Waals surface area contributed by atoms with Crippen molar-refractivity contribution in [3.8, 4) is 0 Å². The van der Waals surface area contributed by atoms with Gasteiger partial charge in [0, 0.05) is 30.8 Å². The molecule has 1 aromatic carbocycles. The van der Waals surface area contributed by atoms with Gasteiger partial charge < -0.3 is 19.2 Å². The highest BCUT2D eigenvalue weighted by molar-refractivity contribution is 6.03. The number of para-hydroxylation sites is 1. The van der Waals surface area contributed by atoms with E-state index in [4.69, 9.17) is 9.47 Å². The summed E-state index contributed by atoms with van der Waals surface area (Å²) in [6.45, 7) is 2.47. The zero-order chi connectivity index (χ0) is 21.5. The van der Waals surface area contributed by atoms with Crippen molar-refractivity contribution in [1.29, 1.82) is 0 Å². The quantitative estimate of drug-likeness (QED) is 0.325. The van der Waals surface area contributed by atoms with Crippen LogP contribution in [-0.2, 0) is 29.3 Å². The molecule has 158 valence electrons. The van der Waals surface area contributed by atoms with E-state index in [0.717, 1.165) is 24.1 Å². The number of hydrogen-bond acceptors (Lipinski definition) is 7. The fourth-order valence-corrected chi connectivity index (χ4v) is 7.39. The molecule has 4 aliphatic heterocycles. The molecule has 7 nitrogen and oxygen atoms in total. The van der Waals surface area contributed by atoms with Gasteiger partial charge in [-0.1, -0.05) is 24.3 Å². The third-order valence-electron chi connectivity index (χ3n) is 8.30. The monoisotopic (exact) mass is 410 g/mol. The van der Waals surface area contributed by atoms with Gasteiger partial charge in [0.2, 0.25) is 0 Å². The first-order valence-corrected chi connectivity index (χ1v) is 10.3. The van der Waals surface area contributed by atoms with Gasteiger partial charge in [-0.15, -0.1) is 0 Å². The molecule has 0 unspecified atom stereocenters. The minimum Gasteiger partial charge on any atom is -0.466 e. The van der Waals surface area contributed by atoms with Crippen molar-refractivity contribution < 1.29 is 23.9 Å². The first-order valence-electron chi connectivity index (χ1n) is 10.3. The maximum Gasteiger partial charge on any atom is 0.333 e. The van der Waals surface area contributed by atoms with Gasteiger partial charge in [-0.25, -0.2) is 4.79 Å². The SMILES string of the molecule is CC=C(C(=O)OC)[C@@H]1C[C@H]2OC(=O)[C@]1(C=O)[C@@]13CCN(C)[C@@]21N(C)c1ccccc13. The number of likely N-dealkylation sites (N-methyl/N-ethyl adjacent to an activating group) is 2. The van der Waals surface area contributed by atoms with Gasteiger partial charge in [0.1, 0.15) is 23.5 Å². The summed E-state index contributed by atoms with van der Waals surface area (Å²) < 4.78 is 11.0. The van der Waals surface area contributed by atoms with Crippen LogP contribution in [-0.4, -0.2) is 62.6 Å². The van der Waals surface area contributed by atoms with Crippen molar-refractivity contribution in [2.24, 2.45) is 11.3 Å². The average molecular weight is 410 g/mol. The molecule has 0 amide bonds. The van der Waals surface area contributed by atoms with E-state index in [1.54, 1.807) is 13.0 Å². The number of aldehydes is 1. The Morgan fingerprint density at radius 2 is 2.03 bits per heavy atom. The van der Waals surface area contributed by atoms with E-state index < -0.39 is 40.5 Å². The maximum atomic E-state index is 13.6. The van der Waals surface area contributed by atoms with E-state index in [9.17, 15) is 14.4 Å². The summed E-state index contributed by atoms with van der Waals surface area (Å²) in [5.41, 5.74) is -0.640. The van der Waals surface area contributed by atoms with Crippen LogP contribution in [0.2, 0.25) is 0 Å². The minimum atomic E-state index is -1.51. The van der Waals surface area contributed by atoms with Gasteiger partial charge in [0.25, 0.3) is 0 Å². The van der Waals surface area contributed by atoms with Crippen LogP contribution in [0.15, 0.2) is 35.9 Å². The summed E-state index contributed by atoms with van der Waals surface area (Å²) >= 11 is 0. The summed E-state index contributed by atoms with van der Waals surface area (Å²) in [6.07, 6.45) is 2.98. The van der Waals surface area contributed by atoms with Crippen molar-refractivity contribution in [2.75, 3.05) is 32.6 Å². The Morgan fingerprint density at radius 1 is 1.30 bits per heavy atom. The number of esters is 2. The molecule has 5 aliphatic rings. The molecule has 30 heavy (non-hydrogen) atoms. The number of ether oxygens (including phenoxy) is 2. The predicted molar refractivity (Wildman–Crippen MR) is 109 cm³/mol. The highest BCUT2D eigenvalue weighted by atomic mass is 16.6. The molecule has 1 aromatic rings. The van der Waals surface area contributed by atoms with Crippen molar-refractivity contribution in [3.63, 3.8) is 0 Å². The molecule has 1 saturated carbocycles. The van der Waals surface area contributed by atoms with Crippen LogP contribution in [0.4, 0.5) is 5.69 Å². The second kappa shape index (κ2) is 5.94. The number of methoxy groups -OCH3 is 1. The number of fused-ring (bicyclic) bond motifs is 3. The van der Waals surface area contributed by atoms with E-state index in [2.05, 4.69) is 9.80 Å². The first-order chi connectivity index (χ1) is 14.4. The molecule has 4 fully saturated rings. The van der Waals surface area contributed by atoms with Gasteiger partial charge in [-0.3, -0.25) is 9.69 Å². The molecule has 1 aliphatic carbocycles. The summed E-state index contributed by atoms with van der Waals surface area (Å²) in [6, 6.07) is 7.98. The summed E-state index contributed by atoms with van der Waals surface area (Å²) in [5, 5.41) is 0. The Kier molecular flexibility index (Phi) is 3.82. The number of hydrogen-bond donors (Lipinski definition) is 0. The number of carbonyl (C=O) groups excluding carboxylic acids is 3. The zero-order valence-corrected chi connectivity index (χ0v) is 17.7. The maximum absolute atomic E-state index is 13.6. The lowest BCUT2D eigenvalue weighted by atomic mass is 9.43. The fraction of sp³-hybridized carbons (Fsp3) is 0.522. The van der Waals surface area contributed by atoms with E-state index in [1.807, 2.05) is 38.4 Å². The van der Waals surface area contributed by atoms with Crippen LogP contribution in [0.1, 0.15) is 25.3 Å². The summed E-state index contributed by atoms with van der Waals surface area (Å²) in [5.74, 6) is -1.63. The zero-order valence-electron chi connectivity index (χ0n) is 17.7. The minimum absolute atomic E-state index is 0.371. The average Bonchev–Trinajstić information content (AvgIpc) is 3.21. The third kappa shape index (κ3) is 1.65. The summed E-state index contributed by atoms with van der Waals surface area (Å²) in [4.78, 5) is 43.7. The fourth-order valence-electron chi connectivity index (χ4n) is 7.39. The molecule has 4 heterocycles. The van der Waals surface area contributed by atoms with Gasteiger partial charge in [0.05, 0.1) is 12.5 Å². The number of nitrogens with zero attached hydrogens (tertiary/aromatic N) is 2. The highest BCUT2D eigenvalue weighted by Gasteiger charge is 2.86. The number of allylic oxidation sites excluding steroid dienone is 1. The van der Waals surface area contributed by atoms with E-state index in [1.165, 1.54) is 7.11 Å². The number of rotatable bonds is 3. The van der Waals surface area contributed by atoms with Crippen molar-refractivity contribution in [3.05, 3.63) is 41.5 Å². The van der Waals surface area contributed by atoms with E-state index in [-0.39, 0.29) is 0 Å². The Morgan fingerprint density at radius 3 is 2.70 bits per heavy atom. The molecular weight excluding hydrogens is 384 g/mol. The molecule has 0 N–H and O–H groups in total. The van der Waals surface area contributed by atoms with Crippen LogP contribution in [0, 0.1) is 11.3 Å². The van der Waals surface area contributed by atoms with E-state index >= 15 is 0 Å². The second-order valence-corrected chi connectivity index (χ2v) is 8.78.